The monoisotopic (exact) mass is 423 g/mol. The zero-order valence-electron chi connectivity index (χ0n) is 17.3. The molecule has 1 amide bonds. The summed E-state index contributed by atoms with van der Waals surface area (Å²) in [4.78, 5) is 13.9. The molecule has 0 aliphatic carbocycles. The van der Waals surface area contributed by atoms with E-state index in [1.807, 2.05) is 25.1 Å². The molecule has 0 fully saturated rings. The Morgan fingerprint density at radius 2 is 1.80 bits per heavy atom. The van der Waals surface area contributed by atoms with E-state index < -0.39 is 0 Å². The van der Waals surface area contributed by atoms with E-state index in [0.29, 0.717) is 19.8 Å². The number of rotatable bonds is 7. The standard InChI is InChI=1S/C24H26N2O3S/c1-16-5-7-18(8-6-16)24(22-4-3-13-30-22)25-15-23(27)26-17(2)19-9-10-20-21(14-19)29-12-11-28-20/h3-10,13-14,17,24-25H,11-12,15H2,1-2H3,(H,26,27)/p+1/t17-,24-/m1/s1. The summed E-state index contributed by atoms with van der Waals surface area (Å²) >= 11 is 1.72. The van der Waals surface area contributed by atoms with E-state index in [9.17, 15) is 4.79 Å². The molecule has 5 nitrogen and oxygen atoms in total. The van der Waals surface area contributed by atoms with Crippen molar-refractivity contribution in [1.29, 1.82) is 0 Å². The van der Waals surface area contributed by atoms with E-state index in [2.05, 4.69) is 59.3 Å². The number of amides is 1. The lowest BCUT2D eigenvalue weighted by Gasteiger charge is -2.21. The van der Waals surface area contributed by atoms with Crippen LogP contribution < -0.4 is 20.1 Å². The first-order valence-electron chi connectivity index (χ1n) is 10.2. The molecule has 6 heteroatoms. The summed E-state index contributed by atoms with van der Waals surface area (Å²) in [6.07, 6.45) is 0. The van der Waals surface area contributed by atoms with Gasteiger partial charge >= 0.3 is 0 Å². The number of carbonyl (C=O) groups is 1. The van der Waals surface area contributed by atoms with E-state index in [0.717, 1.165) is 17.1 Å². The van der Waals surface area contributed by atoms with Crippen molar-refractivity contribution in [2.75, 3.05) is 19.8 Å². The van der Waals surface area contributed by atoms with E-state index in [1.54, 1.807) is 11.3 Å². The fourth-order valence-electron chi connectivity index (χ4n) is 3.60. The number of nitrogens with two attached hydrogens (primary N) is 1. The van der Waals surface area contributed by atoms with Crippen LogP contribution in [-0.4, -0.2) is 25.7 Å². The second kappa shape index (κ2) is 9.32. The lowest BCUT2D eigenvalue weighted by molar-refractivity contribution is -0.676. The Bertz CT molecular complexity index is 986. The normalized spacial score (nSPS) is 14.7. The highest BCUT2D eigenvalue weighted by Crippen LogP contribution is 2.32. The summed E-state index contributed by atoms with van der Waals surface area (Å²) in [7, 11) is 0. The number of hydrogen-bond acceptors (Lipinski definition) is 4. The molecular formula is C24H27N2O3S+. The molecule has 0 saturated carbocycles. The van der Waals surface area contributed by atoms with Crippen LogP contribution in [0.15, 0.2) is 60.0 Å². The number of nitrogens with one attached hydrogen (secondary N) is 1. The van der Waals surface area contributed by atoms with Crippen LogP contribution >= 0.6 is 11.3 Å². The van der Waals surface area contributed by atoms with E-state index in [-0.39, 0.29) is 18.0 Å². The SMILES string of the molecule is Cc1ccc([C@@H]([NH2+]CC(=O)N[C@H](C)c2ccc3c(c2)OCCO3)c2cccs2)cc1. The molecule has 2 atom stereocenters. The van der Waals surface area contributed by atoms with Crippen LogP contribution in [0.2, 0.25) is 0 Å². The van der Waals surface area contributed by atoms with Crippen LogP contribution in [-0.2, 0) is 4.79 Å². The van der Waals surface area contributed by atoms with Gasteiger partial charge in [-0.05, 0) is 43.0 Å². The molecule has 2 aromatic carbocycles. The fourth-order valence-corrected chi connectivity index (χ4v) is 4.45. The summed E-state index contributed by atoms with van der Waals surface area (Å²) in [5, 5.41) is 7.28. The Morgan fingerprint density at radius 1 is 1.07 bits per heavy atom. The molecule has 4 rings (SSSR count). The number of benzene rings is 2. The third-order valence-electron chi connectivity index (χ3n) is 5.27. The lowest BCUT2D eigenvalue weighted by Crippen LogP contribution is -2.87. The highest BCUT2D eigenvalue weighted by molar-refractivity contribution is 7.10. The maximum atomic E-state index is 12.7. The van der Waals surface area contributed by atoms with Crippen molar-refractivity contribution in [3.8, 4) is 11.5 Å². The Balaban J connectivity index is 1.39. The quantitative estimate of drug-likeness (QED) is 0.613. The van der Waals surface area contributed by atoms with Gasteiger partial charge in [0.2, 0.25) is 0 Å². The zero-order valence-corrected chi connectivity index (χ0v) is 18.1. The Morgan fingerprint density at radius 3 is 2.53 bits per heavy atom. The Kier molecular flexibility index (Phi) is 6.35. The number of hydrogen-bond donors (Lipinski definition) is 2. The van der Waals surface area contributed by atoms with Crippen molar-refractivity contribution in [1.82, 2.24) is 5.32 Å². The number of aryl methyl sites for hydroxylation is 1. The van der Waals surface area contributed by atoms with E-state index in [1.165, 1.54) is 16.0 Å². The highest BCUT2D eigenvalue weighted by Gasteiger charge is 2.21. The topological polar surface area (TPSA) is 64.2 Å². The molecule has 1 aliphatic heterocycles. The minimum atomic E-state index is -0.110. The van der Waals surface area contributed by atoms with Crippen molar-refractivity contribution in [3.63, 3.8) is 0 Å². The smallest absolute Gasteiger partial charge is 0.275 e. The van der Waals surface area contributed by atoms with E-state index >= 15 is 0 Å². The van der Waals surface area contributed by atoms with Crippen molar-refractivity contribution in [2.24, 2.45) is 0 Å². The van der Waals surface area contributed by atoms with Gasteiger partial charge in [0.1, 0.15) is 19.3 Å². The zero-order chi connectivity index (χ0) is 20.9. The molecule has 0 unspecified atom stereocenters. The first-order valence-corrected chi connectivity index (χ1v) is 11.1. The molecule has 156 valence electrons. The van der Waals surface area contributed by atoms with Gasteiger partial charge in [0, 0.05) is 5.56 Å². The second-order valence-electron chi connectivity index (χ2n) is 7.54. The molecule has 3 aromatic rings. The van der Waals surface area contributed by atoms with Crippen LogP contribution in [0.25, 0.3) is 0 Å². The van der Waals surface area contributed by atoms with Crippen LogP contribution in [0.3, 0.4) is 0 Å². The molecule has 30 heavy (non-hydrogen) atoms. The van der Waals surface area contributed by atoms with Crippen molar-refractivity contribution >= 4 is 17.2 Å². The van der Waals surface area contributed by atoms with Crippen LogP contribution in [0, 0.1) is 6.92 Å². The number of thiophene rings is 1. The summed E-state index contributed by atoms with van der Waals surface area (Å²) in [6.45, 7) is 5.54. The molecule has 2 heterocycles. The first kappa shape index (κ1) is 20.4. The van der Waals surface area contributed by atoms with Gasteiger partial charge in [0.15, 0.2) is 18.0 Å². The van der Waals surface area contributed by atoms with Crippen LogP contribution in [0.1, 0.15) is 40.6 Å². The van der Waals surface area contributed by atoms with Gasteiger partial charge in [-0.25, -0.2) is 0 Å². The maximum absolute atomic E-state index is 12.7. The number of quaternary nitrogens is 1. The maximum Gasteiger partial charge on any atom is 0.275 e. The predicted octanol–water partition coefficient (Wildman–Crippen LogP) is 3.36. The molecular weight excluding hydrogens is 396 g/mol. The Hall–Kier alpha value is -2.83. The third-order valence-corrected chi connectivity index (χ3v) is 6.22. The second-order valence-corrected chi connectivity index (χ2v) is 8.52. The molecule has 0 bridgehead atoms. The van der Waals surface area contributed by atoms with Crippen LogP contribution in [0.5, 0.6) is 11.5 Å². The number of fused-ring (bicyclic) bond motifs is 1. The largest absolute Gasteiger partial charge is 0.486 e. The minimum absolute atomic E-state index is 0.00561. The molecule has 1 aromatic heterocycles. The summed E-state index contributed by atoms with van der Waals surface area (Å²) in [5.74, 6) is 1.50. The Labute approximate surface area is 181 Å². The van der Waals surface area contributed by atoms with Crippen molar-refractivity contribution in [3.05, 3.63) is 81.5 Å². The summed E-state index contributed by atoms with van der Waals surface area (Å²) < 4.78 is 11.2. The lowest BCUT2D eigenvalue weighted by atomic mass is 10.0. The van der Waals surface area contributed by atoms with Gasteiger partial charge in [0.25, 0.3) is 5.91 Å². The van der Waals surface area contributed by atoms with Gasteiger partial charge in [-0.3, -0.25) is 4.79 Å². The fraction of sp³-hybridized carbons (Fsp3) is 0.292. The predicted molar refractivity (Wildman–Crippen MR) is 118 cm³/mol. The molecule has 3 N–H and O–H groups in total. The molecule has 0 spiro atoms. The first-order chi connectivity index (χ1) is 14.6. The molecule has 0 saturated heterocycles. The van der Waals surface area contributed by atoms with Crippen LogP contribution in [0.4, 0.5) is 0 Å². The summed E-state index contributed by atoms with van der Waals surface area (Å²) in [5.41, 5.74) is 3.44. The number of carbonyl (C=O) groups excluding carboxylic acids is 1. The third kappa shape index (κ3) is 4.83. The van der Waals surface area contributed by atoms with E-state index in [4.69, 9.17) is 9.47 Å². The van der Waals surface area contributed by atoms with Gasteiger partial charge in [-0.15, -0.1) is 11.3 Å². The molecule has 0 radical (unpaired) electrons. The summed E-state index contributed by atoms with van der Waals surface area (Å²) in [6, 6.07) is 18.5. The van der Waals surface area contributed by atoms with Gasteiger partial charge in [-0.1, -0.05) is 42.0 Å². The van der Waals surface area contributed by atoms with Crippen molar-refractivity contribution in [2.45, 2.75) is 25.9 Å². The minimum Gasteiger partial charge on any atom is -0.486 e. The van der Waals surface area contributed by atoms with Gasteiger partial charge in [-0.2, -0.15) is 0 Å². The van der Waals surface area contributed by atoms with Crippen molar-refractivity contribution < 1.29 is 19.6 Å². The van der Waals surface area contributed by atoms with Gasteiger partial charge < -0.3 is 20.1 Å². The average molecular weight is 424 g/mol. The average Bonchev–Trinajstić information content (AvgIpc) is 3.29. The highest BCUT2D eigenvalue weighted by atomic mass is 32.1. The van der Waals surface area contributed by atoms with Gasteiger partial charge in [0.05, 0.1) is 10.9 Å². The molecule has 1 aliphatic rings. The number of ether oxygens (including phenoxy) is 2.